The predicted molar refractivity (Wildman–Crippen MR) is 103 cm³/mol. The number of aromatic nitrogens is 1. The van der Waals surface area contributed by atoms with Crippen LogP contribution in [0.3, 0.4) is 0 Å². The van der Waals surface area contributed by atoms with Crippen LogP contribution in [0.1, 0.15) is 45.7 Å². The first kappa shape index (κ1) is 20.7. The summed E-state index contributed by atoms with van der Waals surface area (Å²) in [6.07, 6.45) is 0.476. The molecule has 6 nitrogen and oxygen atoms in total. The average Bonchev–Trinajstić information content (AvgIpc) is 2.76. The van der Waals surface area contributed by atoms with E-state index < -0.39 is 40.2 Å². The lowest BCUT2D eigenvalue weighted by atomic mass is 9.87. The molecule has 1 aromatic heterocycles. The van der Waals surface area contributed by atoms with Crippen molar-refractivity contribution in [2.24, 2.45) is 0 Å². The zero-order chi connectivity index (χ0) is 21.7. The van der Waals surface area contributed by atoms with Crippen LogP contribution in [0.5, 0.6) is 0 Å². The second-order valence-electron chi connectivity index (χ2n) is 8.52. The van der Waals surface area contributed by atoms with E-state index >= 15 is 0 Å². The summed E-state index contributed by atoms with van der Waals surface area (Å²) < 4.78 is 33.7. The second-order valence-corrected chi connectivity index (χ2v) is 8.52. The van der Waals surface area contributed by atoms with Crippen LogP contribution in [-0.4, -0.2) is 22.2 Å². The van der Waals surface area contributed by atoms with Crippen molar-refractivity contribution < 1.29 is 23.1 Å². The van der Waals surface area contributed by atoms with Gasteiger partial charge in [-0.15, -0.1) is 0 Å². The summed E-state index contributed by atoms with van der Waals surface area (Å²) in [7, 11) is 0. The van der Waals surface area contributed by atoms with Crippen molar-refractivity contribution >= 4 is 17.7 Å². The van der Waals surface area contributed by atoms with Gasteiger partial charge in [-0.3, -0.25) is 9.59 Å². The van der Waals surface area contributed by atoms with Crippen molar-refractivity contribution in [2.45, 2.75) is 52.2 Å². The molecule has 2 heterocycles. The van der Waals surface area contributed by atoms with Crippen molar-refractivity contribution in [1.29, 1.82) is 0 Å². The summed E-state index contributed by atoms with van der Waals surface area (Å²) in [4.78, 5) is 39.0. The van der Waals surface area contributed by atoms with Gasteiger partial charge in [0.1, 0.15) is 17.2 Å². The van der Waals surface area contributed by atoms with Gasteiger partial charge in [-0.1, -0.05) is 6.07 Å². The Balaban J connectivity index is 2.08. The van der Waals surface area contributed by atoms with Crippen LogP contribution in [0.4, 0.5) is 19.3 Å². The molecule has 0 aliphatic carbocycles. The number of fused-ring (bicyclic) bond motifs is 1. The van der Waals surface area contributed by atoms with Crippen molar-refractivity contribution in [3.8, 4) is 0 Å². The molecule has 0 fully saturated rings. The molecule has 1 aliphatic heterocycles. The number of ether oxygens (including phenoxy) is 1. The molecule has 1 aliphatic rings. The maximum Gasteiger partial charge on any atom is 0.421 e. The van der Waals surface area contributed by atoms with E-state index in [4.69, 9.17) is 4.74 Å². The van der Waals surface area contributed by atoms with E-state index in [0.29, 0.717) is 5.56 Å². The van der Waals surface area contributed by atoms with E-state index in [2.05, 4.69) is 0 Å². The summed E-state index contributed by atoms with van der Waals surface area (Å²) in [6.45, 7) is 8.07. The van der Waals surface area contributed by atoms with Crippen LogP contribution in [-0.2, 0) is 21.5 Å². The number of hydrogen-bond acceptors (Lipinski definition) is 4. The van der Waals surface area contributed by atoms with Crippen LogP contribution in [0.15, 0.2) is 35.3 Å². The molecule has 0 bridgehead atoms. The van der Waals surface area contributed by atoms with E-state index in [1.54, 1.807) is 34.6 Å². The highest BCUT2D eigenvalue weighted by atomic mass is 19.1. The van der Waals surface area contributed by atoms with Crippen LogP contribution in [0.25, 0.3) is 0 Å². The monoisotopic (exact) mass is 404 g/mol. The van der Waals surface area contributed by atoms with Gasteiger partial charge in [0.2, 0.25) is 5.91 Å². The molecule has 2 aromatic rings. The molecular formula is C21H22F2N2O4. The van der Waals surface area contributed by atoms with Gasteiger partial charge in [0.15, 0.2) is 0 Å². The number of carbonyl (C=O) groups is 2. The van der Waals surface area contributed by atoms with Crippen LogP contribution < -0.4 is 10.5 Å². The standard InChI is InChI=1S/C21H22F2N2O4/c1-20(2,3)29-19(28)25-16-11-24(10-12-6-7-13(22)8-15(12)23)17(26)9-14(16)21(4,5)18(25)27/h6-9,11H,10H2,1-5H3. The van der Waals surface area contributed by atoms with E-state index in [1.807, 2.05) is 0 Å². The fourth-order valence-electron chi connectivity index (χ4n) is 3.19. The van der Waals surface area contributed by atoms with E-state index in [1.165, 1.54) is 22.9 Å². The lowest BCUT2D eigenvalue weighted by Gasteiger charge is -2.24. The Morgan fingerprint density at radius 1 is 1.14 bits per heavy atom. The van der Waals surface area contributed by atoms with E-state index in [-0.39, 0.29) is 17.8 Å². The van der Waals surface area contributed by atoms with Crippen LogP contribution in [0.2, 0.25) is 0 Å². The summed E-state index contributed by atoms with van der Waals surface area (Å²) in [6, 6.07) is 4.33. The zero-order valence-corrected chi connectivity index (χ0v) is 16.9. The van der Waals surface area contributed by atoms with E-state index in [0.717, 1.165) is 17.0 Å². The smallest absolute Gasteiger partial charge is 0.421 e. The molecule has 0 saturated heterocycles. The van der Waals surface area contributed by atoms with Crippen molar-refractivity contribution in [1.82, 2.24) is 4.57 Å². The molecule has 154 valence electrons. The molecule has 0 unspecified atom stereocenters. The second kappa shape index (κ2) is 6.79. The van der Waals surface area contributed by atoms with Gasteiger partial charge in [-0.25, -0.2) is 18.5 Å². The van der Waals surface area contributed by atoms with Crippen molar-refractivity contribution in [3.05, 3.63) is 63.6 Å². The molecule has 0 N–H and O–H groups in total. The number of amides is 2. The quantitative estimate of drug-likeness (QED) is 0.765. The summed E-state index contributed by atoms with van der Waals surface area (Å²) >= 11 is 0. The molecule has 0 atom stereocenters. The molecule has 2 amide bonds. The number of imide groups is 1. The first-order valence-electron chi connectivity index (χ1n) is 9.08. The summed E-state index contributed by atoms with van der Waals surface area (Å²) in [5.41, 5.74) is -1.72. The fraction of sp³-hybridized carbons (Fsp3) is 0.381. The minimum atomic E-state index is -1.11. The third kappa shape index (κ3) is 3.79. The predicted octanol–water partition coefficient (Wildman–Crippen LogP) is 3.73. The highest BCUT2D eigenvalue weighted by molar-refractivity contribution is 6.20. The largest absolute Gasteiger partial charge is 0.443 e. The average molecular weight is 404 g/mol. The Morgan fingerprint density at radius 2 is 1.79 bits per heavy atom. The maximum atomic E-state index is 14.0. The molecule has 0 saturated carbocycles. The van der Waals surface area contributed by atoms with Gasteiger partial charge in [-0.05, 0) is 46.2 Å². The number of halogens is 2. The maximum absolute atomic E-state index is 14.0. The first-order valence-corrected chi connectivity index (χ1v) is 9.08. The SMILES string of the molecule is CC(C)(C)OC(=O)N1C(=O)C(C)(C)c2cc(=O)n(Cc3ccc(F)cc3F)cc21. The number of nitrogens with zero attached hydrogens (tertiary/aromatic N) is 2. The van der Waals surface area contributed by atoms with Gasteiger partial charge < -0.3 is 9.30 Å². The Morgan fingerprint density at radius 3 is 2.38 bits per heavy atom. The molecule has 29 heavy (non-hydrogen) atoms. The number of pyridine rings is 1. The Kier molecular flexibility index (Phi) is 4.85. The first-order chi connectivity index (χ1) is 13.3. The fourth-order valence-corrected chi connectivity index (χ4v) is 3.19. The topological polar surface area (TPSA) is 68.6 Å². The minimum absolute atomic E-state index is 0.0980. The van der Waals surface area contributed by atoms with Crippen molar-refractivity contribution in [2.75, 3.05) is 4.90 Å². The summed E-state index contributed by atoms with van der Waals surface area (Å²) in [5, 5.41) is 0. The van der Waals surface area contributed by atoms with Gasteiger partial charge in [0, 0.05) is 23.9 Å². The van der Waals surface area contributed by atoms with Crippen LogP contribution in [0, 0.1) is 11.6 Å². The lowest BCUT2D eigenvalue weighted by molar-refractivity contribution is -0.121. The van der Waals surface area contributed by atoms with Gasteiger partial charge in [-0.2, -0.15) is 0 Å². The number of carbonyl (C=O) groups excluding carboxylic acids is 2. The molecule has 1 aromatic carbocycles. The molecule has 0 radical (unpaired) electrons. The third-order valence-electron chi connectivity index (χ3n) is 4.69. The molecule has 0 spiro atoms. The molecular weight excluding hydrogens is 382 g/mol. The Hall–Kier alpha value is -3.03. The number of hydrogen-bond donors (Lipinski definition) is 0. The molecule has 3 rings (SSSR count). The highest BCUT2D eigenvalue weighted by Gasteiger charge is 2.48. The Bertz CT molecular complexity index is 1070. The number of benzene rings is 1. The number of anilines is 1. The Labute approximate surface area is 166 Å². The molecule has 8 heteroatoms. The summed E-state index contributed by atoms with van der Waals surface area (Å²) in [5.74, 6) is -2.04. The van der Waals surface area contributed by atoms with Gasteiger partial charge in [0.05, 0.1) is 17.6 Å². The van der Waals surface area contributed by atoms with Crippen molar-refractivity contribution in [3.63, 3.8) is 0 Å². The zero-order valence-electron chi connectivity index (χ0n) is 16.9. The third-order valence-corrected chi connectivity index (χ3v) is 4.69. The van der Waals surface area contributed by atoms with Gasteiger partial charge >= 0.3 is 6.09 Å². The van der Waals surface area contributed by atoms with Gasteiger partial charge in [0.25, 0.3) is 5.56 Å². The minimum Gasteiger partial charge on any atom is -0.443 e. The van der Waals surface area contributed by atoms with Crippen LogP contribution >= 0.6 is 0 Å². The normalized spacial score (nSPS) is 15.4. The highest BCUT2D eigenvalue weighted by Crippen LogP contribution is 2.41. The number of rotatable bonds is 2. The lowest BCUT2D eigenvalue weighted by Crippen LogP contribution is -2.43. The van der Waals surface area contributed by atoms with E-state index in [9.17, 15) is 23.2 Å².